The van der Waals surface area contributed by atoms with E-state index < -0.39 is 5.92 Å². The summed E-state index contributed by atoms with van der Waals surface area (Å²) >= 11 is 0. The first-order valence-electron chi connectivity index (χ1n) is 6.97. The molecule has 2 aromatic rings. The molecule has 8 nitrogen and oxygen atoms in total. The third-order valence-corrected chi connectivity index (χ3v) is 3.19. The van der Waals surface area contributed by atoms with Gasteiger partial charge in [-0.05, 0) is 17.5 Å². The third kappa shape index (κ3) is 3.57. The lowest BCUT2D eigenvalue weighted by molar-refractivity contribution is -0.120. The van der Waals surface area contributed by atoms with Crippen molar-refractivity contribution >= 4 is 17.5 Å². The van der Waals surface area contributed by atoms with Crippen molar-refractivity contribution in [2.75, 3.05) is 24.3 Å². The molecule has 2 aromatic heterocycles. The number of amides is 1. The number of H-pyrrole nitrogens is 1. The van der Waals surface area contributed by atoms with E-state index in [1.807, 2.05) is 51.9 Å². The SMILES string of the molecule is CN(C)c1cccc(NC(=O)C(c2nn[nH]n2)C(C)(C)C)n1. The number of anilines is 2. The summed E-state index contributed by atoms with van der Waals surface area (Å²) in [6, 6.07) is 5.47. The maximum Gasteiger partial charge on any atom is 0.237 e. The molecule has 2 rings (SSSR count). The van der Waals surface area contributed by atoms with Crippen LogP contribution in [0.15, 0.2) is 18.2 Å². The standard InChI is InChI=1S/C14H21N7O/c1-14(2,3)11(12-17-19-20-18-12)13(22)16-9-7-6-8-10(15-9)21(4)5/h6-8,11H,1-5H3,(H,15,16,22)(H,17,18,19,20). The quantitative estimate of drug-likeness (QED) is 0.886. The number of carbonyl (C=O) groups excluding carboxylic acids is 1. The summed E-state index contributed by atoms with van der Waals surface area (Å²) in [7, 11) is 3.79. The van der Waals surface area contributed by atoms with E-state index in [0.29, 0.717) is 11.6 Å². The first-order chi connectivity index (χ1) is 10.3. The Balaban J connectivity index is 2.24. The molecule has 0 radical (unpaired) electrons. The van der Waals surface area contributed by atoms with Gasteiger partial charge in [-0.1, -0.05) is 32.1 Å². The molecule has 0 aliphatic heterocycles. The lowest BCUT2D eigenvalue weighted by atomic mass is 9.79. The molecule has 0 aliphatic rings. The molecule has 8 heteroatoms. The van der Waals surface area contributed by atoms with Crippen molar-refractivity contribution in [2.24, 2.45) is 5.41 Å². The number of hydrogen-bond acceptors (Lipinski definition) is 6. The molecule has 0 spiro atoms. The van der Waals surface area contributed by atoms with Crippen molar-refractivity contribution in [3.8, 4) is 0 Å². The van der Waals surface area contributed by atoms with Crippen LogP contribution in [0.4, 0.5) is 11.6 Å². The van der Waals surface area contributed by atoms with E-state index in [0.717, 1.165) is 5.82 Å². The van der Waals surface area contributed by atoms with Crippen LogP contribution in [0.2, 0.25) is 0 Å². The topological polar surface area (TPSA) is 99.7 Å². The van der Waals surface area contributed by atoms with Crippen LogP contribution in [0.3, 0.4) is 0 Å². The van der Waals surface area contributed by atoms with Crippen molar-refractivity contribution in [2.45, 2.75) is 26.7 Å². The van der Waals surface area contributed by atoms with Gasteiger partial charge in [0.1, 0.15) is 17.6 Å². The summed E-state index contributed by atoms with van der Waals surface area (Å²) in [5.74, 6) is 0.890. The Morgan fingerprint density at radius 3 is 2.59 bits per heavy atom. The van der Waals surface area contributed by atoms with Crippen LogP contribution in [-0.2, 0) is 4.79 Å². The molecule has 0 aromatic carbocycles. The smallest absolute Gasteiger partial charge is 0.237 e. The molecule has 0 aliphatic carbocycles. The molecule has 0 saturated carbocycles. The molecule has 1 amide bonds. The highest BCUT2D eigenvalue weighted by molar-refractivity contribution is 5.95. The molecule has 22 heavy (non-hydrogen) atoms. The predicted molar refractivity (Wildman–Crippen MR) is 83.6 cm³/mol. The van der Waals surface area contributed by atoms with Gasteiger partial charge in [0.15, 0.2) is 5.82 Å². The molecular formula is C14H21N7O. The van der Waals surface area contributed by atoms with Crippen molar-refractivity contribution in [1.82, 2.24) is 25.6 Å². The van der Waals surface area contributed by atoms with Gasteiger partial charge in [-0.25, -0.2) is 4.98 Å². The molecule has 0 saturated heterocycles. The van der Waals surface area contributed by atoms with Crippen LogP contribution in [0.25, 0.3) is 0 Å². The maximum atomic E-state index is 12.7. The fourth-order valence-electron chi connectivity index (χ4n) is 2.13. The second-order valence-electron chi connectivity index (χ2n) is 6.33. The lowest BCUT2D eigenvalue weighted by Gasteiger charge is -2.26. The second kappa shape index (κ2) is 6.08. The highest BCUT2D eigenvalue weighted by atomic mass is 16.2. The van der Waals surface area contributed by atoms with Crippen molar-refractivity contribution in [3.05, 3.63) is 24.0 Å². The second-order valence-corrected chi connectivity index (χ2v) is 6.33. The first kappa shape index (κ1) is 15.9. The number of carbonyl (C=O) groups is 1. The van der Waals surface area contributed by atoms with Gasteiger partial charge in [0.25, 0.3) is 0 Å². The summed E-state index contributed by atoms with van der Waals surface area (Å²) in [6.07, 6.45) is 0. The van der Waals surface area contributed by atoms with Crippen LogP contribution in [0.5, 0.6) is 0 Å². The number of rotatable bonds is 4. The summed E-state index contributed by atoms with van der Waals surface area (Å²) < 4.78 is 0. The molecule has 1 unspecified atom stereocenters. The van der Waals surface area contributed by atoms with Crippen LogP contribution in [0, 0.1) is 5.41 Å². The average Bonchev–Trinajstić information content (AvgIpc) is 2.90. The van der Waals surface area contributed by atoms with Crippen molar-refractivity contribution < 1.29 is 4.79 Å². The van der Waals surface area contributed by atoms with Gasteiger partial charge in [-0.2, -0.15) is 5.21 Å². The summed E-state index contributed by atoms with van der Waals surface area (Å²) in [5.41, 5.74) is -0.354. The summed E-state index contributed by atoms with van der Waals surface area (Å²) in [6.45, 7) is 5.87. The minimum Gasteiger partial charge on any atom is -0.363 e. The highest BCUT2D eigenvalue weighted by Gasteiger charge is 2.36. The van der Waals surface area contributed by atoms with Crippen molar-refractivity contribution in [3.63, 3.8) is 0 Å². The Labute approximate surface area is 129 Å². The molecule has 2 N–H and O–H groups in total. The molecule has 0 bridgehead atoms. The van der Waals surface area contributed by atoms with E-state index in [-0.39, 0.29) is 11.3 Å². The van der Waals surface area contributed by atoms with Gasteiger partial charge in [0.2, 0.25) is 5.91 Å². The lowest BCUT2D eigenvalue weighted by Crippen LogP contribution is -2.32. The Kier molecular flexibility index (Phi) is 4.39. The first-order valence-corrected chi connectivity index (χ1v) is 6.97. The van der Waals surface area contributed by atoms with Gasteiger partial charge < -0.3 is 10.2 Å². The minimum atomic E-state index is -0.531. The Bertz CT molecular complexity index is 631. The highest BCUT2D eigenvalue weighted by Crippen LogP contribution is 2.33. The zero-order valence-corrected chi connectivity index (χ0v) is 13.5. The van der Waals surface area contributed by atoms with Gasteiger partial charge in [-0.3, -0.25) is 4.79 Å². The fourth-order valence-corrected chi connectivity index (χ4v) is 2.13. The number of hydrogen-bond donors (Lipinski definition) is 2. The number of aromatic nitrogens is 5. The molecule has 0 fully saturated rings. The number of aromatic amines is 1. The molecule has 2 heterocycles. The zero-order chi connectivity index (χ0) is 16.3. The Morgan fingerprint density at radius 1 is 1.32 bits per heavy atom. The number of nitrogens with one attached hydrogen (secondary N) is 2. The van der Waals surface area contributed by atoms with Crippen LogP contribution < -0.4 is 10.2 Å². The van der Waals surface area contributed by atoms with Crippen LogP contribution in [0.1, 0.15) is 32.5 Å². The minimum absolute atomic E-state index is 0.211. The van der Waals surface area contributed by atoms with E-state index in [4.69, 9.17) is 0 Å². The van der Waals surface area contributed by atoms with Crippen LogP contribution in [-0.4, -0.2) is 45.6 Å². The number of nitrogens with zero attached hydrogens (tertiary/aromatic N) is 5. The summed E-state index contributed by atoms with van der Waals surface area (Å²) in [5, 5.41) is 16.7. The van der Waals surface area contributed by atoms with E-state index in [2.05, 4.69) is 30.9 Å². The monoisotopic (exact) mass is 303 g/mol. The Morgan fingerprint density at radius 2 is 2.05 bits per heavy atom. The van der Waals surface area contributed by atoms with Gasteiger partial charge in [-0.15, -0.1) is 10.2 Å². The number of tetrazole rings is 1. The van der Waals surface area contributed by atoms with Gasteiger partial charge in [0.05, 0.1) is 0 Å². The van der Waals surface area contributed by atoms with Crippen molar-refractivity contribution in [1.29, 1.82) is 0 Å². The van der Waals surface area contributed by atoms with Crippen LogP contribution >= 0.6 is 0 Å². The number of pyridine rings is 1. The van der Waals surface area contributed by atoms with E-state index >= 15 is 0 Å². The average molecular weight is 303 g/mol. The fraction of sp³-hybridized carbons (Fsp3) is 0.500. The normalized spacial score (nSPS) is 12.8. The maximum absolute atomic E-state index is 12.7. The van der Waals surface area contributed by atoms with E-state index in [1.54, 1.807) is 6.07 Å². The van der Waals surface area contributed by atoms with Gasteiger partial charge >= 0.3 is 0 Å². The zero-order valence-electron chi connectivity index (χ0n) is 13.5. The van der Waals surface area contributed by atoms with E-state index in [9.17, 15) is 4.79 Å². The van der Waals surface area contributed by atoms with Gasteiger partial charge in [0, 0.05) is 14.1 Å². The Hall–Kier alpha value is -2.51. The molecular weight excluding hydrogens is 282 g/mol. The summed E-state index contributed by atoms with van der Waals surface area (Å²) in [4.78, 5) is 18.9. The largest absolute Gasteiger partial charge is 0.363 e. The van der Waals surface area contributed by atoms with E-state index in [1.165, 1.54) is 0 Å². The molecule has 1 atom stereocenters. The third-order valence-electron chi connectivity index (χ3n) is 3.19. The molecule has 118 valence electrons. The predicted octanol–water partition coefficient (Wildman–Crippen LogP) is 1.43.